The molecule has 2 rings (SSSR count). The number of aliphatic hydroxyl groups is 1. The first-order chi connectivity index (χ1) is 6.50. The van der Waals surface area contributed by atoms with Crippen LogP contribution in [0.15, 0.2) is 18.5 Å². The Morgan fingerprint density at radius 2 is 2.07 bits per heavy atom. The van der Waals surface area contributed by atoms with Crippen LogP contribution < -0.4 is 0 Å². The van der Waals surface area contributed by atoms with Crippen molar-refractivity contribution in [2.24, 2.45) is 0 Å². The molecule has 0 aliphatic rings. The molecular formula is C10H13N3O. The summed E-state index contributed by atoms with van der Waals surface area (Å²) >= 11 is 0. The quantitative estimate of drug-likeness (QED) is 0.738. The molecule has 0 saturated carbocycles. The third-order valence-corrected chi connectivity index (χ3v) is 2.25. The second kappa shape index (κ2) is 2.78. The van der Waals surface area contributed by atoms with Crippen molar-refractivity contribution in [2.45, 2.75) is 26.4 Å². The van der Waals surface area contributed by atoms with Crippen molar-refractivity contribution in [3.8, 4) is 0 Å². The van der Waals surface area contributed by atoms with Gasteiger partial charge in [-0.1, -0.05) is 6.07 Å². The molecule has 1 N–H and O–H groups in total. The third kappa shape index (κ3) is 1.28. The maximum atomic E-state index is 9.91. The second-order valence-corrected chi connectivity index (χ2v) is 3.96. The van der Waals surface area contributed by atoms with Gasteiger partial charge in [0.25, 0.3) is 0 Å². The molecule has 2 aromatic heterocycles. The molecule has 0 unspecified atom stereocenters. The highest BCUT2D eigenvalue weighted by molar-refractivity contribution is 5.47. The van der Waals surface area contributed by atoms with E-state index in [4.69, 9.17) is 0 Å². The van der Waals surface area contributed by atoms with Gasteiger partial charge in [-0.15, -0.1) is 0 Å². The number of nitrogens with zero attached hydrogens (tertiary/aromatic N) is 3. The summed E-state index contributed by atoms with van der Waals surface area (Å²) in [5.41, 5.74) is 1.69. The Balaban J connectivity index is 2.80. The van der Waals surface area contributed by atoms with Crippen molar-refractivity contribution >= 4 is 5.65 Å². The number of aryl methyl sites for hydroxylation is 1. The predicted molar refractivity (Wildman–Crippen MR) is 53.0 cm³/mol. The highest BCUT2D eigenvalue weighted by Gasteiger charge is 2.20. The predicted octanol–water partition coefficient (Wildman–Crippen LogP) is 1.27. The first-order valence-electron chi connectivity index (χ1n) is 4.52. The molecule has 74 valence electrons. The molecule has 0 atom stereocenters. The molecule has 0 aliphatic carbocycles. The van der Waals surface area contributed by atoms with Gasteiger partial charge in [-0.05, 0) is 32.4 Å². The summed E-state index contributed by atoms with van der Waals surface area (Å²) in [7, 11) is 0. The molecule has 0 fully saturated rings. The number of fused-ring (bicyclic) bond motifs is 1. The molecule has 0 spiro atoms. The maximum absolute atomic E-state index is 9.91. The van der Waals surface area contributed by atoms with Gasteiger partial charge < -0.3 is 5.11 Å². The van der Waals surface area contributed by atoms with Gasteiger partial charge >= 0.3 is 0 Å². The summed E-state index contributed by atoms with van der Waals surface area (Å²) in [6.45, 7) is 5.44. The lowest BCUT2D eigenvalue weighted by Gasteiger charge is -2.18. The van der Waals surface area contributed by atoms with E-state index in [-0.39, 0.29) is 0 Å². The van der Waals surface area contributed by atoms with Gasteiger partial charge in [-0.25, -0.2) is 9.50 Å². The maximum Gasteiger partial charge on any atom is 0.158 e. The average Bonchev–Trinajstić information content (AvgIpc) is 2.50. The number of hydrogen-bond acceptors (Lipinski definition) is 3. The van der Waals surface area contributed by atoms with Crippen LogP contribution in [0, 0.1) is 6.92 Å². The molecule has 0 saturated heterocycles. The largest absolute Gasteiger partial charge is 0.384 e. The molecule has 0 aliphatic heterocycles. The standard InChI is InChI=1S/C10H13N3O/c1-7-4-5-8(10(2,3)14)13-9(7)11-6-12-13/h4-6,14H,1-3H3. The Morgan fingerprint density at radius 3 is 2.71 bits per heavy atom. The molecule has 2 aromatic rings. The first-order valence-corrected chi connectivity index (χ1v) is 4.52. The van der Waals surface area contributed by atoms with Gasteiger partial charge in [0.1, 0.15) is 11.9 Å². The van der Waals surface area contributed by atoms with Crippen LogP contribution in [0.1, 0.15) is 25.1 Å². The van der Waals surface area contributed by atoms with E-state index in [2.05, 4.69) is 10.1 Å². The Bertz CT molecular complexity index is 468. The summed E-state index contributed by atoms with van der Waals surface area (Å²) in [6, 6.07) is 3.81. The fraction of sp³-hybridized carbons (Fsp3) is 0.400. The van der Waals surface area contributed by atoms with E-state index in [0.717, 1.165) is 16.9 Å². The molecule has 4 nitrogen and oxygen atoms in total. The topological polar surface area (TPSA) is 50.4 Å². The van der Waals surface area contributed by atoms with Crippen molar-refractivity contribution in [2.75, 3.05) is 0 Å². The smallest absolute Gasteiger partial charge is 0.158 e. The van der Waals surface area contributed by atoms with Gasteiger partial charge in [-0.3, -0.25) is 0 Å². The minimum Gasteiger partial charge on any atom is -0.384 e. The summed E-state index contributed by atoms with van der Waals surface area (Å²) in [4.78, 5) is 4.13. The molecule has 0 bridgehead atoms. The van der Waals surface area contributed by atoms with Gasteiger partial charge in [0.15, 0.2) is 5.65 Å². The van der Waals surface area contributed by atoms with Crippen LogP contribution >= 0.6 is 0 Å². The van der Waals surface area contributed by atoms with Gasteiger partial charge in [0.05, 0.1) is 5.69 Å². The van der Waals surface area contributed by atoms with Gasteiger partial charge in [0.2, 0.25) is 0 Å². The lowest BCUT2D eigenvalue weighted by molar-refractivity contribution is 0.0714. The minimum atomic E-state index is -0.903. The molecule has 0 radical (unpaired) electrons. The molecule has 0 amide bonds. The minimum absolute atomic E-state index is 0.746. The molecule has 2 heterocycles. The van der Waals surface area contributed by atoms with E-state index in [9.17, 15) is 5.11 Å². The fourth-order valence-electron chi connectivity index (χ4n) is 1.50. The normalized spacial score (nSPS) is 12.3. The average molecular weight is 191 g/mol. The van der Waals surface area contributed by atoms with E-state index in [1.54, 1.807) is 18.4 Å². The highest BCUT2D eigenvalue weighted by atomic mass is 16.3. The molecule has 4 heteroatoms. The molecule has 14 heavy (non-hydrogen) atoms. The summed E-state index contributed by atoms with van der Waals surface area (Å²) in [6.07, 6.45) is 1.50. The van der Waals surface area contributed by atoms with Crippen LogP contribution in [0.25, 0.3) is 5.65 Å². The highest BCUT2D eigenvalue weighted by Crippen LogP contribution is 2.20. The van der Waals surface area contributed by atoms with Crippen molar-refractivity contribution in [3.05, 3.63) is 29.7 Å². The van der Waals surface area contributed by atoms with E-state index < -0.39 is 5.60 Å². The van der Waals surface area contributed by atoms with Crippen molar-refractivity contribution in [3.63, 3.8) is 0 Å². The van der Waals surface area contributed by atoms with Crippen molar-refractivity contribution < 1.29 is 5.11 Å². The lowest BCUT2D eigenvalue weighted by atomic mass is 10.0. The Morgan fingerprint density at radius 1 is 1.36 bits per heavy atom. The Kier molecular flexibility index (Phi) is 1.82. The van der Waals surface area contributed by atoms with Crippen LogP contribution in [0.2, 0.25) is 0 Å². The summed E-state index contributed by atoms with van der Waals surface area (Å²) in [5.74, 6) is 0. The number of aromatic nitrogens is 3. The van der Waals surface area contributed by atoms with E-state index in [1.807, 2.05) is 19.1 Å². The van der Waals surface area contributed by atoms with E-state index >= 15 is 0 Å². The molecular weight excluding hydrogens is 178 g/mol. The second-order valence-electron chi connectivity index (χ2n) is 3.96. The number of rotatable bonds is 1. The number of hydrogen-bond donors (Lipinski definition) is 1. The van der Waals surface area contributed by atoms with Crippen LogP contribution in [0.3, 0.4) is 0 Å². The van der Waals surface area contributed by atoms with Gasteiger partial charge in [0, 0.05) is 0 Å². The monoisotopic (exact) mass is 191 g/mol. The third-order valence-electron chi connectivity index (χ3n) is 2.25. The molecule has 0 aromatic carbocycles. The first kappa shape index (κ1) is 9.15. The van der Waals surface area contributed by atoms with Crippen LogP contribution in [0.5, 0.6) is 0 Å². The van der Waals surface area contributed by atoms with Crippen molar-refractivity contribution in [1.29, 1.82) is 0 Å². The van der Waals surface area contributed by atoms with Crippen LogP contribution in [-0.2, 0) is 5.60 Å². The van der Waals surface area contributed by atoms with E-state index in [1.165, 1.54) is 6.33 Å². The van der Waals surface area contributed by atoms with Crippen LogP contribution in [-0.4, -0.2) is 19.7 Å². The van der Waals surface area contributed by atoms with Gasteiger partial charge in [-0.2, -0.15) is 5.10 Å². The number of pyridine rings is 1. The zero-order valence-electron chi connectivity index (χ0n) is 8.52. The zero-order chi connectivity index (χ0) is 10.3. The Hall–Kier alpha value is -1.42. The van der Waals surface area contributed by atoms with E-state index in [0.29, 0.717) is 0 Å². The summed E-state index contributed by atoms with van der Waals surface area (Å²) in [5, 5.41) is 14.0. The summed E-state index contributed by atoms with van der Waals surface area (Å²) < 4.78 is 1.68. The SMILES string of the molecule is Cc1ccc(C(C)(C)O)n2ncnc12. The zero-order valence-corrected chi connectivity index (χ0v) is 8.52. The Labute approximate surface area is 82.2 Å². The van der Waals surface area contributed by atoms with Crippen molar-refractivity contribution in [1.82, 2.24) is 14.6 Å². The lowest BCUT2D eigenvalue weighted by Crippen LogP contribution is -2.20. The fourth-order valence-corrected chi connectivity index (χ4v) is 1.50. The van der Waals surface area contributed by atoms with Crippen LogP contribution in [0.4, 0.5) is 0 Å².